The molecule has 0 aliphatic heterocycles. The van der Waals surface area contributed by atoms with E-state index in [9.17, 15) is 14.4 Å². The van der Waals surface area contributed by atoms with Crippen LogP contribution in [0.4, 0.5) is 0 Å². The molecular formula is C15H18O5. The summed E-state index contributed by atoms with van der Waals surface area (Å²) in [5, 5.41) is 8.85. The van der Waals surface area contributed by atoms with Gasteiger partial charge < -0.3 is 9.84 Å². The van der Waals surface area contributed by atoms with E-state index in [0.717, 1.165) is 31.8 Å². The molecule has 3 rings (SSSR count). The van der Waals surface area contributed by atoms with Crippen molar-refractivity contribution >= 4 is 17.7 Å². The van der Waals surface area contributed by atoms with Gasteiger partial charge in [-0.15, -0.1) is 0 Å². The number of hydrogen-bond donors (Lipinski definition) is 1. The number of Topliss-reactive ketones (excluding diaryl/α,β-unsaturated/α-hetero) is 1. The van der Waals surface area contributed by atoms with Gasteiger partial charge in [0.15, 0.2) is 5.78 Å². The standard InChI is InChI=1S/C15H18O5/c1-20-14(19)15(3-2-12(16)17)10-5-8-4-9(7-10)11(6-8)13(15)18/h2-3,8-11H,4-7H2,1H3,(H,16,17)/b3-2+/t8-,9+,10-,11+,15-/m1/s1. The van der Waals surface area contributed by atoms with Crippen LogP contribution >= 0.6 is 0 Å². The zero-order valence-electron chi connectivity index (χ0n) is 11.4. The van der Waals surface area contributed by atoms with E-state index in [1.54, 1.807) is 0 Å². The van der Waals surface area contributed by atoms with Gasteiger partial charge in [0.25, 0.3) is 0 Å². The van der Waals surface area contributed by atoms with Crippen molar-refractivity contribution in [3.63, 3.8) is 0 Å². The minimum atomic E-state index is -1.37. The Morgan fingerprint density at radius 2 is 2.05 bits per heavy atom. The number of rotatable bonds is 3. The van der Waals surface area contributed by atoms with Gasteiger partial charge in [0.2, 0.25) is 0 Å². The molecule has 3 aliphatic carbocycles. The predicted molar refractivity (Wildman–Crippen MR) is 68.7 cm³/mol. The van der Waals surface area contributed by atoms with Crippen molar-refractivity contribution in [3.05, 3.63) is 12.2 Å². The Hall–Kier alpha value is -1.65. The minimum Gasteiger partial charge on any atom is -0.478 e. The van der Waals surface area contributed by atoms with Crippen molar-refractivity contribution in [2.24, 2.45) is 29.1 Å². The lowest BCUT2D eigenvalue weighted by Gasteiger charge is -2.44. The second-order valence-corrected chi connectivity index (χ2v) is 6.27. The molecular weight excluding hydrogens is 260 g/mol. The summed E-state index contributed by atoms with van der Waals surface area (Å²) < 4.78 is 4.85. The summed E-state index contributed by atoms with van der Waals surface area (Å²) in [6.07, 6.45) is 5.77. The highest BCUT2D eigenvalue weighted by atomic mass is 16.5. The van der Waals surface area contributed by atoms with Crippen molar-refractivity contribution in [1.82, 2.24) is 0 Å². The predicted octanol–water partition coefficient (Wildman–Crippen LogP) is 1.42. The average molecular weight is 278 g/mol. The van der Waals surface area contributed by atoms with Crippen molar-refractivity contribution in [3.8, 4) is 0 Å². The number of hydrogen-bond acceptors (Lipinski definition) is 4. The maximum atomic E-state index is 12.8. The van der Waals surface area contributed by atoms with Gasteiger partial charge in [0.1, 0.15) is 5.41 Å². The Balaban J connectivity index is 2.07. The normalized spacial score (nSPS) is 42.1. The molecule has 0 spiro atoms. The molecule has 0 unspecified atom stereocenters. The number of methoxy groups -OCH3 is 1. The topological polar surface area (TPSA) is 80.7 Å². The number of fused-ring (bicyclic) bond motifs is 2. The largest absolute Gasteiger partial charge is 0.478 e. The first kappa shape index (κ1) is 13.3. The van der Waals surface area contributed by atoms with Gasteiger partial charge in [-0.05, 0) is 43.4 Å². The fourth-order valence-electron chi connectivity index (χ4n) is 4.68. The first-order valence-electron chi connectivity index (χ1n) is 7.04. The van der Waals surface area contributed by atoms with Crippen LogP contribution in [0.2, 0.25) is 0 Å². The number of carbonyl (C=O) groups is 3. The maximum Gasteiger partial charge on any atom is 0.328 e. The number of carboxylic acid groups (broad SMARTS) is 1. The molecule has 0 aromatic heterocycles. The fourth-order valence-corrected chi connectivity index (χ4v) is 4.68. The molecule has 5 heteroatoms. The van der Waals surface area contributed by atoms with Crippen molar-refractivity contribution in [2.45, 2.75) is 25.7 Å². The molecule has 3 bridgehead atoms. The summed E-state index contributed by atoms with van der Waals surface area (Å²) in [5.74, 6) is -1.21. The minimum absolute atomic E-state index is 0.101. The van der Waals surface area contributed by atoms with E-state index in [-0.39, 0.29) is 17.6 Å². The quantitative estimate of drug-likeness (QED) is 0.480. The molecule has 20 heavy (non-hydrogen) atoms. The monoisotopic (exact) mass is 278 g/mol. The number of esters is 1. The van der Waals surface area contributed by atoms with Gasteiger partial charge >= 0.3 is 11.9 Å². The second kappa shape index (κ2) is 4.43. The summed E-state index contributed by atoms with van der Waals surface area (Å²) in [4.78, 5) is 35.9. The Morgan fingerprint density at radius 3 is 2.70 bits per heavy atom. The molecule has 0 heterocycles. The highest BCUT2D eigenvalue weighted by Crippen LogP contribution is 2.60. The van der Waals surface area contributed by atoms with E-state index >= 15 is 0 Å². The highest BCUT2D eigenvalue weighted by Gasteiger charge is 2.63. The van der Waals surface area contributed by atoms with Crippen LogP contribution in [-0.2, 0) is 19.1 Å². The second-order valence-electron chi connectivity index (χ2n) is 6.27. The molecule has 3 aliphatic rings. The third-order valence-corrected chi connectivity index (χ3v) is 5.40. The molecule has 0 aromatic rings. The first-order valence-corrected chi connectivity index (χ1v) is 7.04. The number of aliphatic carboxylic acids is 1. The van der Waals surface area contributed by atoms with E-state index in [1.165, 1.54) is 13.2 Å². The van der Waals surface area contributed by atoms with Gasteiger partial charge in [-0.25, -0.2) is 4.79 Å². The first-order chi connectivity index (χ1) is 9.49. The molecule has 0 aromatic carbocycles. The Bertz CT molecular complexity index is 506. The summed E-state index contributed by atoms with van der Waals surface area (Å²) in [6.45, 7) is 0. The maximum absolute atomic E-state index is 12.8. The van der Waals surface area contributed by atoms with Crippen LogP contribution < -0.4 is 0 Å². The van der Waals surface area contributed by atoms with E-state index in [2.05, 4.69) is 0 Å². The van der Waals surface area contributed by atoms with Gasteiger partial charge in [-0.2, -0.15) is 0 Å². The van der Waals surface area contributed by atoms with Crippen molar-refractivity contribution in [1.29, 1.82) is 0 Å². The lowest BCUT2D eigenvalue weighted by Crippen LogP contribution is -2.52. The summed E-state index contributed by atoms with van der Waals surface area (Å²) in [5.41, 5.74) is -1.37. The summed E-state index contributed by atoms with van der Waals surface area (Å²) in [7, 11) is 1.26. The number of ether oxygens (including phenoxy) is 1. The zero-order chi connectivity index (χ0) is 14.5. The fraction of sp³-hybridized carbons (Fsp3) is 0.667. The molecule has 5 atom stereocenters. The molecule has 0 amide bonds. The van der Waals surface area contributed by atoms with Gasteiger partial charge in [0.05, 0.1) is 7.11 Å². The van der Waals surface area contributed by atoms with Crippen molar-refractivity contribution < 1.29 is 24.2 Å². The molecule has 5 nitrogen and oxygen atoms in total. The highest BCUT2D eigenvalue weighted by molar-refractivity contribution is 6.09. The number of carbonyl (C=O) groups excluding carboxylic acids is 2. The van der Waals surface area contributed by atoms with Crippen LogP contribution in [0.1, 0.15) is 25.7 Å². The summed E-state index contributed by atoms with van der Waals surface area (Å²) in [6, 6.07) is 0. The third kappa shape index (κ3) is 1.65. The van der Waals surface area contributed by atoms with Crippen LogP contribution in [-0.4, -0.2) is 29.9 Å². The molecule has 3 saturated carbocycles. The smallest absolute Gasteiger partial charge is 0.328 e. The van der Waals surface area contributed by atoms with Gasteiger partial charge in [0, 0.05) is 12.0 Å². The van der Waals surface area contributed by atoms with E-state index < -0.39 is 17.4 Å². The molecule has 3 fully saturated rings. The van der Waals surface area contributed by atoms with Gasteiger partial charge in [-0.1, -0.05) is 6.08 Å². The number of carboxylic acids is 1. The molecule has 1 N–H and O–H groups in total. The van der Waals surface area contributed by atoms with Crippen molar-refractivity contribution in [2.75, 3.05) is 7.11 Å². The van der Waals surface area contributed by atoms with Crippen LogP contribution in [0.25, 0.3) is 0 Å². The van der Waals surface area contributed by atoms with E-state index in [1.807, 2.05) is 0 Å². The van der Waals surface area contributed by atoms with Gasteiger partial charge in [-0.3, -0.25) is 9.59 Å². The van der Waals surface area contributed by atoms with Crippen LogP contribution in [0.15, 0.2) is 12.2 Å². The average Bonchev–Trinajstić information content (AvgIpc) is 2.68. The Labute approximate surface area is 117 Å². The molecule has 0 saturated heterocycles. The molecule has 0 radical (unpaired) electrons. The SMILES string of the molecule is COC(=O)[C@@]1(/C=C/C(=O)O)C(=O)[C@H]2C[C@@H]3C[C@H]2C[C@H]1C3. The Kier molecular flexibility index (Phi) is 2.96. The van der Waals surface area contributed by atoms with E-state index in [0.29, 0.717) is 11.8 Å². The molecule has 108 valence electrons. The Morgan fingerprint density at radius 1 is 1.30 bits per heavy atom. The van der Waals surface area contributed by atoms with E-state index in [4.69, 9.17) is 9.84 Å². The summed E-state index contributed by atoms with van der Waals surface area (Å²) >= 11 is 0. The lowest BCUT2D eigenvalue weighted by molar-refractivity contribution is -0.163. The lowest BCUT2D eigenvalue weighted by atomic mass is 9.57. The van der Waals surface area contributed by atoms with Crippen LogP contribution in [0.3, 0.4) is 0 Å². The zero-order valence-corrected chi connectivity index (χ0v) is 11.4. The third-order valence-electron chi connectivity index (χ3n) is 5.40. The van der Waals surface area contributed by atoms with Crippen LogP contribution in [0.5, 0.6) is 0 Å². The van der Waals surface area contributed by atoms with Crippen LogP contribution in [0, 0.1) is 29.1 Å². The number of ketones is 1.